The Bertz CT molecular complexity index is 1560. The number of rotatable bonds is 9. The van der Waals surface area contributed by atoms with Gasteiger partial charge >= 0.3 is 6.09 Å². The second-order valence-corrected chi connectivity index (χ2v) is 13.6. The van der Waals surface area contributed by atoms with Crippen LogP contribution in [-0.4, -0.2) is 63.4 Å². The highest BCUT2D eigenvalue weighted by molar-refractivity contribution is 7.93. The third-order valence-electron chi connectivity index (χ3n) is 6.69. The van der Waals surface area contributed by atoms with Crippen LogP contribution < -0.4 is 18.5 Å². The van der Waals surface area contributed by atoms with Crippen molar-refractivity contribution in [3.63, 3.8) is 0 Å². The summed E-state index contributed by atoms with van der Waals surface area (Å²) in [6.07, 6.45) is 1.44. The summed E-state index contributed by atoms with van der Waals surface area (Å²) in [5, 5.41) is 1.57. The maximum absolute atomic E-state index is 15.9. The molecule has 234 valence electrons. The number of carbonyl (C=O) groups excluding carboxylic acids is 1. The maximum Gasteiger partial charge on any atom is 0.410 e. The van der Waals surface area contributed by atoms with E-state index in [4.69, 9.17) is 18.9 Å². The van der Waals surface area contributed by atoms with E-state index < -0.39 is 44.4 Å². The van der Waals surface area contributed by atoms with Crippen LogP contribution in [0.5, 0.6) is 17.2 Å². The van der Waals surface area contributed by atoms with Gasteiger partial charge in [0.25, 0.3) is 10.0 Å². The van der Waals surface area contributed by atoms with E-state index >= 15 is 8.78 Å². The van der Waals surface area contributed by atoms with Crippen LogP contribution in [0.3, 0.4) is 0 Å². The van der Waals surface area contributed by atoms with Crippen molar-refractivity contribution in [2.75, 3.05) is 31.6 Å². The first-order valence-electron chi connectivity index (χ1n) is 13.5. The number of hydrogen-bond acceptors (Lipinski definition) is 9. The molecule has 3 aromatic rings. The average molecular weight is 640 g/mol. The van der Waals surface area contributed by atoms with E-state index in [1.54, 1.807) is 44.4 Å². The fourth-order valence-electron chi connectivity index (χ4n) is 4.58. The molecule has 0 saturated carbocycles. The monoisotopic (exact) mass is 639 g/mol. The fourth-order valence-corrected chi connectivity index (χ4v) is 7.02. The Balaban J connectivity index is 1.65. The molecule has 1 unspecified atom stereocenters. The first kappa shape index (κ1) is 32.3. The summed E-state index contributed by atoms with van der Waals surface area (Å²) in [5.74, 6) is -1.94. The maximum atomic E-state index is 15.9. The molecule has 0 bridgehead atoms. The summed E-state index contributed by atoms with van der Waals surface area (Å²) in [7, 11) is -1.92. The lowest BCUT2D eigenvalue weighted by Gasteiger charge is -2.34. The summed E-state index contributed by atoms with van der Waals surface area (Å²) < 4.78 is 82.2. The minimum Gasteiger partial charge on any atom is -0.497 e. The van der Waals surface area contributed by atoms with Crippen molar-refractivity contribution in [1.82, 2.24) is 9.88 Å². The number of thiazole rings is 1. The van der Waals surface area contributed by atoms with Crippen LogP contribution in [0, 0.1) is 18.6 Å². The first-order valence-corrected chi connectivity index (χ1v) is 15.8. The number of likely N-dealkylation sites (tertiary alicyclic amines) is 1. The summed E-state index contributed by atoms with van der Waals surface area (Å²) >= 11 is 0.999. The van der Waals surface area contributed by atoms with Crippen LogP contribution in [0.25, 0.3) is 0 Å². The quantitative estimate of drug-likeness (QED) is 0.284. The molecule has 1 atom stereocenters. The number of sulfonamides is 1. The molecule has 1 saturated heterocycles. The Morgan fingerprint density at radius 1 is 1.16 bits per heavy atom. The van der Waals surface area contributed by atoms with Gasteiger partial charge in [-0.2, -0.15) is 0 Å². The van der Waals surface area contributed by atoms with Crippen LogP contribution >= 0.6 is 11.3 Å². The smallest absolute Gasteiger partial charge is 0.410 e. The van der Waals surface area contributed by atoms with E-state index in [-0.39, 0.29) is 29.5 Å². The second-order valence-electron chi connectivity index (χ2n) is 10.9. The SMILES string of the molecule is COc1ccc(CN(c2nccs2)S(=O)(=O)c2c(F)cc(OC3CCCN(C(=O)OC(C)(C)C)C3)c(C)c2F)c(OC)c1. The highest BCUT2D eigenvalue weighted by Gasteiger charge is 2.36. The Kier molecular flexibility index (Phi) is 9.70. The largest absolute Gasteiger partial charge is 0.497 e. The second kappa shape index (κ2) is 12.9. The molecule has 1 fully saturated rings. The lowest BCUT2D eigenvalue weighted by atomic mass is 10.1. The number of halogens is 2. The van der Waals surface area contributed by atoms with Gasteiger partial charge in [0.05, 0.1) is 27.3 Å². The number of nitrogens with zero attached hydrogens (tertiary/aromatic N) is 3. The summed E-state index contributed by atoms with van der Waals surface area (Å²) in [4.78, 5) is 17.0. The molecule has 43 heavy (non-hydrogen) atoms. The van der Waals surface area contributed by atoms with Gasteiger partial charge in [0, 0.05) is 41.4 Å². The van der Waals surface area contributed by atoms with Gasteiger partial charge in [-0.1, -0.05) is 0 Å². The molecule has 0 aliphatic carbocycles. The van der Waals surface area contributed by atoms with Crippen molar-refractivity contribution in [2.45, 2.75) is 63.7 Å². The van der Waals surface area contributed by atoms with Crippen molar-refractivity contribution in [2.24, 2.45) is 0 Å². The van der Waals surface area contributed by atoms with Gasteiger partial charge < -0.3 is 23.8 Å². The van der Waals surface area contributed by atoms with Crippen LogP contribution in [0.15, 0.2) is 40.7 Å². The molecule has 2 heterocycles. The Morgan fingerprint density at radius 2 is 1.91 bits per heavy atom. The van der Waals surface area contributed by atoms with E-state index in [0.717, 1.165) is 21.7 Å². The number of ether oxygens (including phenoxy) is 4. The number of carbonyl (C=O) groups is 1. The van der Waals surface area contributed by atoms with Crippen LogP contribution in [0.1, 0.15) is 44.7 Å². The number of methoxy groups -OCH3 is 2. The molecular weight excluding hydrogens is 604 g/mol. The predicted octanol–water partition coefficient (Wildman–Crippen LogP) is 5.92. The number of aromatic nitrogens is 1. The van der Waals surface area contributed by atoms with Gasteiger partial charge in [0.15, 0.2) is 15.8 Å². The molecule has 4 rings (SSSR count). The van der Waals surface area contributed by atoms with Crippen molar-refractivity contribution in [3.05, 3.63) is 58.6 Å². The zero-order valence-corrected chi connectivity index (χ0v) is 26.5. The molecular formula is C29H35F2N3O7S2. The Labute approximate surface area is 254 Å². The zero-order valence-electron chi connectivity index (χ0n) is 24.8. The van der Waals surface area contributed by atoms with Crippen LogP contribution in [-0.2, 0) is 21.3 Å². The van der Waals surface area contributed by atoms with Gasteiger partial charge in [-0.3, -0.25) is 0 Å². The van der Waals surface area contributed by atoms with Gasteiger partial charge in [-0.25, -0.2) is 31.3 Å². The first-order chi connectivity index (χ1) is 20.2. The molecule has 1 aromatic heterocycles. The average Bonchev–Trinajstić information content (AvgIpc) is 3.48. The number of amides is 1. The predicted molar refractivity (Wildman–Crippen MR) is 158 cm³/mol. The van der Waals surface area contributed by atoms with Gasteiger partial charge in [-0.05, 0) is 52.7 Å². The van der Waals surface area contributed by atoms with Gasteiger partial charge in [0.2, 0.25) is 0 Å². The van der Waals surface area contributed by atoms with E-state index in [0.29, 0.717) is 36.4 Å². The molecule has 14 heteroatoms. The van der Waals surface area contributed by atoms with Crippen molar-refractivity contribution < 1.29 is 40.9 Å². The number of benzene rings is 2. The van der Waals surface area contributed by atoms with Gasteiger partial charge in [-0.15, -0.1) is 11.3 Å². The third kappa shape index (κ3) is 7.29. The number of piperidine rings is 1. The Hall–Kier alpha value is -3.65. The lowest BCUT2D eigenvalue weighted by molar-refractivity contribution is 0.00758. The summed E-state index contributed by atoms with van der Waals surface area (Å²) in [6, 6.07) is 5.67. The molecule has 1 aliphatic heterocycles. The minimum absolute atomic E-state index is 0.0130. The van der Waals surface area contributed by atoms with Gasteiger partial charge in [0.1, 0.15) is 34.8 Å². The lowest BCUT2D eigenvalue weighted by Crippen LogP contribution is -2.46. The third-order valence-corrected chi connectivity index (χ3v) is 9.37. The molecule has 10 nitrogen and oxygen atoms in total. The van der Waals surface area contributed by atoms with Crippen LogP contribution in [0.2, 0.25) is 0 Å². The molecule has 1 amide bonds. The molecule has 0 radical (unpaired) electrons. The van der Waals surface area contributed by atoms with E-state index in [1.807, 2.05) is 0 Å². The Morgan fingerprint density at radius 3 is 2.53 bits per heavy atom. The summed E-state index contributed by atoms with van der Waals surface area (Å²) in [5.41, 5.74) is -0.443. The molecule has 0 spiro atoms. The fraction of sp³-hybridized carbons (Fsp3) is 0.448. The van der Waals surface area contributed by atoms with E-state index in [2.05, 4.69) is 4.98 Å². The van der Waals surface area contributed by atoms with Crippen molar-refractivity contribution >= 4 is 32.6 Å². The highest BCUT2D eigenvalue weighted by Crippen LogP contribution is 2.37. The van der Waals surface area contributed by atoms with E-state index in [1.165, 1.54) is 32.2 Å². The molecule has 0 N–H and O–H groups in total. The number of hydrogen-bond donors (Lipinski definition) is 0. The summed E-state index contributed by atoms with van der Waals surface area (Å²) in [6.45, 7) is 6.89. The molecule has 2 aromatic carbocycles. The van der Waals surface area contributed by atoms with Crippen molar-refractivity contribution in [1.29, 1.82) is 0 Å². The minimum atomic E-state index is -4.81. The van der Waals surface area contributed by atoms with Crippen LogP contribution in [0.4, 0.5) is 18.7 Å². The van der Waals surface area contributed by atoms with Crippen molar-refractivity contribution in [3.8, 4) is 17.2 Å². The molecule has 1 aliphatic rings. The standard InChI is InChI=1S/C29H35F2N3O7S2/c1-18-23(40-21-8-7-12-33(17-21)28(35)41-29(2,3)4)15-22(30)26(25(18)31)43(36,37)34(27-32-11-13-42-27)16-19-9-10-20(38-5)14-24(19)39-6/h9-11,13-15,21H,7-8,12,16-17H2,1-6H3. The topological polar surface area (TPSA) is 108 Å². The zero-order chi connectivity index (χ0) is 31.5. The highest BCUT2D eigenvalue weighted by atomic mass is 32.2. The normalized spacial score (nSPS) is 15.6. The number of anilines is 1. The van der Waals surface area contributed by atoms with E-state index in [9.17, 15) is 13.2 Å².